The van der Waals surface area contributed by atoms with Gasteiger partial charge in [0.05, 0.1) is 10.7 Å². The molecule has 0 atom stereocenters. The zero-order valence-electron chi connectivity index (χ0n) is 7.77. The van der Waals surface area contributed by atoms with E-state index in [9.17, 15) is 0 Å². The van der Waals surface area contributed by atoms with Crippen molar-refractivity contribution in [1.29, 1.82) is 0 Å². The maximum atomic E-state index is 4.62. The molecule has 0 saturated heterocycles. The largest absolute Gasteiger partial charge is 0.306 e. The number of nitrogens with zero attached hydrogens (tertiary/aromatic N) is 1. The van der Waals surface area contributed by atoms with Crippen molar-refractivity contribution in [2.75, 3.05) is 0 Å². The topological polar surface area (TPSA) is 24.9 Å². The number of fused-ring (bicyclic) bond motifs is 1. The first-order valence-electron chi connectivity index (χ1n) is 4.27. The van der Waals surface area contributed by atoms with E-state index in [1.807, 2.05) is 11.3 Å². The van der Waals surface area contributed by atoms with Crippen molar-refractivity contribution in [3.63, 3.8) is 0 Å². The number of rotatable bonds is 0. The molecule has 0 unspecified atom stereocenters. The molecule has 3 heteroatoms. The third kappa shape index (κ3) is 1.27. The Morgan fingerprint density at radius 2 is 2.08 bits per heavy atom. The lowest BCUT2D eigenvalue weighted by molar-refractivity contribution is 0.581. The molecular weight excluding hydrogens is 168 g/mol. The average molecular weight is 182 g/mol. The van der Waals surface area contributed by atoms with Crippen LogP contribution in [0.1, 0.15) is 36.3 Å². The quantitative estimate of drug-likeness (QED) is 0.664. The Labute approximate surface area is 77.0 Å². The van der Waals surface area contributed by atoms with Gasteiger partial charge >= 0.3 is 0 Å². The molecule has 0 bridgehead atoms. The molecule has 0 radical (unpaired) electrons. The van der Waals surface area contributed by atoms with Crippen LogP contribution in [-0.4, -0.2) is 4.98 Å². The molecule has 1 aliphatic rings. The predicted octanol–water partition coefficient (Wildman–Crippen LogP) is 2.04. The van der Waals surface area contributed by atoms with E-state index in [4.69, 9.17) is 0 Å². The van der Waals surface area contributed by atoms with Crippen LogP contribution < -0.4 is 5.32 Å². The lowest BCUT2D eigenvalue weighted by Crippen LogP contribution is -2.11. The summed E-state index contributed by atoms with van der Waals surface area (Å²) in [6, 6.07) is 0. The molecule has 1 aromatic heterocycles. The Balaban J connectivity index is 2.38. The van der Waals surface area contributed by atoms with E-state index in [0.717, 1.165) is 13.1 Å². The van der Waals surface area contributed by atoms with E-state index in [2.05, 4.69) is 31.1 Å². The van der Waals surface area contributed by atoms with Crippen LogP contribution in [0, 0.1) is 0 Å². The smallest absolute Gasteiger partial charge is 0.0985 e. The van der Waals surface area contributed by atoms with Crippen molar-refractivity contribution in [3.8, 4) is 0 Å². The first kappa shape index (κ1) is 8.20. The van der Waals surface area contributed by atoms with Crippen LogP contribution in [0.4, 0.5) is 0 Å². The second-order valence-electron chi connectivity index (χ2n) is 4.24. The number of hydrogen-bond acceptors (Lipinski definition) is 3. The minimum atomic E-state index is 0.217. The zero-order chi connectivity index (χ0) is 8.77. The summed E-state index contributed by atoms with van der Waals surface area (Å²) in [5, 5.41) is 4.57. The van der Waals surface area contributed by atoms with Crippen molar-refractivity contribution in [2.24, 2.45) is 0 Å². The molecule has 0 saturated carbocycles. The minimum absolute atomic E-state index is 0.217. The van der Waals surface area contributed by atoms with Gasteiger partial charge in [-0.15, -0.1) is 11.3 Å². The minimum Gasteiger partial charge on any atom is -0.306 e. The summed E-state index contributed by atoms with van der Waals surface area (Å²) in [6.45, 7) is 8.63. The fourth-order valence-electron chi connectivity index (χ4n) is 1.27. The molecule has 1 N–H and O–H groups in total. The normalized spacial score (nSPS) is 16.6. The monoisotopic (exact) mass is 182 g/mol. The summed E-state index contributed by atoms with van der Waals surface area (Å²) >= 11 is 1.86. The number of thiazole rings is 1. The second kappa shape index (κ2) is 2.54. The van der Waals surface area contributed by atoms with Gasteiger partial charge in [-0.1, -0.05) is 20.8 Å². The van der Waals surface area contributed by atoms with Crippen molar-refractivity contribution in [2.45, 2.75) is 39.3 Å². The van der Waals surface area contributed by atoms with Crippen molar-refractivity contribution >= 4 is 11.3 Å². The van der Waals surface area contributed by atoms with Crippen LogP contribution in [0.5, 0.6) is 0 Å². The van der Waals surface area contributed by atoms with Gasteiger partial charge in [-0.2, -0.15) is 0 Å². The van der Waals surface area contributed by atoms with Crippen LogP contribution >= 0.6 is 11.3 Å². The fourth-order valence-corrected chi connectivity index (χ4v) is 2.38. The molecule has 0 spiro atoms. The highest BCUT2D eigenvalue weighted by molar-refractivity contribution is 7.11. The molecule has 1 aliphatic heterocycles. The Bertz CT molecular complexity index is 274. The van der Waals surface area contributed by atoms with Crippen LogP contribution in [0.15, 0.2) is 0 Å². The van der Waals surface area contributed by atoms with E-state index in [-0.39, 0.29) is 5.41 Å². The number of nitrogens with one attached hydrogen (secondary N) is 1. The average Bonchev–Trinajstić information content (AvgIpc) is 2.37. The summed E-state index contributed by atoms with van der Waals surface area (Å²) in [7, 11) is 0. The van der Waals surface area contributed by atoms with Gasteiger partial charge in [0, 0.05) is 23.4 Å². The van der Waals surface area contributed by atoms with Gasteiger partial charge in [0.15, 0.2) is 0 Å². The maximum Gasteiger partial charge on any atom is 0.0985 e. The highest BCUT2D eigenvalue weighted by Crippen LogP contribution is 2.31. The molecule has 0 amide bonds. The molecule has 0 fully saturated rings. The Morgan fingerprint density at radius 3 is 2.67 bits per heavy atom. The predicted molar refractivity (Wildman–Crippen MR) is 51.4 cm³/mol. The molecule has 0 aliphatic carbocycles. The first-order chi connectivity index (χ1) is 5.57. The zero-order valence-corrected chi connectivity index (χ0v) is 8.59. The molecule has 1 aromatic rings. The third-order valence-electron chi connectivity index (χ3n) is 2.00. The molecule has 2 heterocycles. The second-order valence-corrected chi connectivity index (χ2v) is 5.33. The molecule has 12 heavy (non-hydrogen) atoms. The van der Waals surface area contributed by atoms with Crippen LogP contribution in [0.2, 0.25) is 0 Å². The van der Waals surface area contributed by atoms with Crippen LogP contribution in [0.3, 0.4) is 0 Å². The first-order valence-corrected chi connectivity index (χ1v) is 5.09. The van der Waals surface area contributed by atoms with E-state index >= 15 is 0 Å². The fraction of sp³-hybridized carbons (Fsp3) is 0.667. The van der Waals surface area contributed by atoms with E-state index in [0.29, 0.717) is 0 Å². The van der Waals surface area contributed by atoms with Gasteiger partial charge < -0.3 is 5.32 Å². The van der Waals surface area contributed by atoms with Crippen molar-refractivity contribution < 1.29 is 0 Å². The van der Waals surface area contributed by atoms with Gasteiger partial charge in [-0.25, -0.2) is 4.98 Å². The Hall–Kier alpha value is -0.410. The standard InChI is InChI=1S/C9H14N2S/c1-9(2,3)8-11-6-4-10-5-7(6)12-8/h10H,4-5H2,1-3H3. The van der Waals surface area contributed by atoms with E-state index in [1.54, 1.807) is 0 Å². The summed E-state index contributed by atoms with van der Waals surface area (Å²) in [5.74, 6) is 0. The van der Waals surface area contributed by atoms with Gasteiger partial charge in [-0.3, -0.25) is 0 Å². The van der Waals surface area contributed by atoms with Crippen molar-refractivity contribution in [1.82, 2.24) is 10.3 Å². The van der Waals surface area contributed by atoms with Crippen LogP contribution in [-0.2, 0) is 18.5 Å². The van der Waals surface area contributed by atoms with E-state index < -0.39 is 0 Å². The molecule has 0 aromatic carbocycles. The van der Waals surface area contributed by atoms with Gasteiger partial charge in [-0.05, 0) is 0 Å². The Kier molecular flexibility index (Phi) is 1.73. The van der Waals surface area contributed by atoms with Crippen molar-refractivity contribution in [3.05, 3.63) is 15.6 Å². The summed E-state index contributed by atoms with van der Waals surface area (Å²) < 4.78 is 0. The Morgan fingerprint density at radius 1 is 1.33 bits per heavy atom. The summed E-state index contributed by atoms with van der Waals surface area (Å²) in [4.78, 5) is 6.05. The molecule has 2 nitrogen and oxygen atoms in total. The highest BCUT2D eigenvalue weighted by atomic mass is 32.1. The maximum absolute atomic E-state index is 4.62. The summed E-state index contributed by atoms with van der Waals surface area (Å²) in [5.41, 5.74) is 1.49. The molecular formula is C9H14N2S. The molecule has 2 rings (SSSR count). The third-order valence-corrected chi connectivity index (χ3v) is 3.52. The van der Waals surface area contributed by atoms with Crippen LogP contribution in [0.25, 0.3) is 0 Å². The number of aromatic nitrogens is 1. The SMILES string of the molecule is CC(C)(C)c1nc2c(s1)CNC2. The summed E-state index contributed by atoms with van der Waals surface area (Å²) in [6.07, 6.45) is 0. The van der Waals surface area contributed by atoms with Gasteiger partial charge in [0.25, 0.3) is 0 Å². The lowest BCUT2D eigenvalue weighted by Gasteiger charge is -2.13. The highest BCUT2D eigenvalue weighted by Gasteiger charge is 2.23. The lowest BCUT2D eigenvalue weighted by atomic mass is 9.98. The van der Waals surface area contributed by atoms with Gasteiger partial charge in [0.1, 0.15) is 0 Å². The van der Waals surface area contributed by atoms with Gasteiger partial charge in [0.2, 0.25) is 0 Å². The number of hydrogen-bond donors (Lipinski definition) is 1. The van der Waals surface area contributed by atoms with E-state index in [1.165, 1.54) is 15.6 Å². The molecule has 66 valence electrons.